The van der Waals surface area contributed by atoms with Crippen molar-refractivity contribution >= 4 is 28.9 Å². The van der Waals surface area contributed by atoms with E-state index in [1.54, 1.807) is 11.3 Å². The number of carbonyl (C=O) groups is 2. The summed E-state index contributed by atoms with van der Waals surface area (Å²) in [4.78, 5) is 23.1. The average molecular weight is 328 g/mol. The second kappa shape index (κ2) is 6.75. The molecule has 0 saturated carbocycles. The van der Waals surface area contributed by atoms with E-state index in [9.17, 15) is 9.59 Å². The average Bonchev–Trinajstić information content (AvgIpc) is 3.22. The molecule has 3 rings (SSSR count). The first kappa shape index (κ1) is 15.4. The molecule has 1 N–H and O–H groups in total. The number of carboxylic acid groups (broad SMARTS) is 1. The Morgan fingerprint density at radius 3 is 2.65 bits per heavy atom. The molecule has 6 heteroatoms. The molecule has 1 aliphatic rings. The van der Waals surface area contributed by atoms with Crippen LogP contribution in [-0.2, 0) is 9.59 Å². The maximum atomic E-state index is 12.4. The third kappa shape index (κ3) is 3.48. The van der Waals surface area contributed by atoms with Crippen molar-refractivity contribution in [3.8, 4) is 0 Å². The zero-order valence-electron chi connectivity index (χ0n) is 12.4. The Bertz CT molecular complexity index is 726. The minimum Gasteiger partial charge on any atom is -0.481 e. The molecule has 2 aromatic rings. The van der Waals surface area contributed by atoms with Gasteiger partial charge in [-0.3, -0.25) is 9.59 Å². The third-order valence-electron chi connectivity index (χ3n) is 3.75. The standard InChI is InChI=1S/C17H16N2O3S/c20-16(6-7-17(21)22)19-15(13-8-9-23-11-13)10-14(18-19)12-4-2-1-3-5-12/h1-5,8-9,11,15H,6-7,10H2,(H,21,22). The SMILES string of the molecule is O=C(O)CCC(=O)N1N=C(c2ccccc2)CC1c1ccsc1. The van der Waals surface area contributed by atoms with Gasteiger partial charge < -0.3 is 5.11 Å². The summed E-state index contributed by atoms with van der Waals surface area (Å²) in [6.07, 6.45) is 0.420. The Labute approximate surface area is 137 Å². The fourth-order valence-corrected chi connectivity index (χ4v) is 3.31. The molecule has 1 atom stereocenters. The van der Waals surface area contributed by atoms with Crippen molar-refractivity contribution in [1.82, 2.24) is 5.01 Å². The van der Waals surface area contributed by atoms with Crippen molar-refractivity contribution in [2.45, 2.75) is 25.3 Å². The summed E-state index contributed by atoms with van der Waals surface area (Å²) >= 11 is 1.57. The van der Waals surface area contributed by atoms with E-state index in [0.717, 1.165) is 16.8 Å². The number of nitrogens with zero attached hydrogens (tertiary/aromatic N) is 2. The number of aliphatic carboxylic acids is 1. The van der Waals surface area contributed by atoms with E-state index in [-0.39, 0.29) is 24.8 Å². The maximum Gasteiger partial charge on any atom is 0.303 e. The van der Waals surface area contributed by atoms with Gasteiger partial charge in [0.2, 0.25) is 5.91 Å². The van der Waals surface area contributed by atoms with Crippen LogP contribution in [0.3, 0.4) is 0 Å². The van der Waals surface area contributed by atoms with Gasteiger partial charge in [0.05, 0.1) is 18.2 Å². The lowest BCUT2D eigenvalue weighted by atomic mass is 10.0. The van der Waals surface area contributed by atoms with Crippen LogP contribution >= 0.6 is 11.3 Å². The Morgan fingerprint density at radius 1 is 1.22 bits per heavy atom. The van der Waals surface area contributed by atoms with Crippen LogP contribution < -0.4 is 0 Å². The van der Waals surface area contributed by atoms with Gasteiger partial charge in [-0.2, -0.15) is 16.4 Å². The number of hydrogen-bond donors (Lipinski definition) is 1. The summed E-state index contributed by atoms with van der Waals surface area (Å²) < 4.78 is 0. The van der Waals surface area contributed by atoms with Gasteiger partial charge in [0.25, 0.3) is 0 Å². The Morgan fingerprint density at radius 2 is 2.00 bits per heavy atom. The topological polar surface area (TPSA) is 70.0 Å². The van der Waals surface area contributed by atoms with Crippen molar-refractivity contribution in [2.75, 3.05) is 0 Å². The van der Waals surface area contributed by atoms with E-state index >= 15 is 0 Å². The number of amides is 1. The van der Waals surface area contributed by atoms with Crippen molar-refractivity contribution < 1.29 is 14.7 Å². The number of rotatable bonds is 5. The lowest BCUT2D eigenvalue weighted by Crippen LogP contribution is -2.27. The number of carbonyl (C=O) groups excluding carboxylic acids is 1. The first-order valence-corrected chi connectivity index (χ1v) is 8.28. The molecule has 0 fully saturated rings. The molecule has 0 radical (unpaired) electrons. The van der Waals surface area contributed by atoms with Crippen molar-refractivity contribution in [3.05, 3.63) is 58.3 Å². The highest BCUT2D eigenvalue weighted by Crippen LogP contribution is 2.34. The molecule has 1 aromatic heterocycles. The zero-order valence-corrected chi connectivity index (χ0v) is 13.2. The summed E-state index contributed by atoms with van der Waals surface area (Å²) in [5.74, 6) is -1.23. The van der Waals surface area contributed by atoms with Gasteiger partial charge in [-0.05, 0) is 28.0 Å². The molecule has 1 aromatic carbocycles. The Balaban J connectivity index is 1.86. The smallest absolute Gasteiger partial charge is 0.303 e. The van der Waals surface area contributed by atoms with Crippen molar-refractivity contribution in [1.29, 1.82) is 0 Å². The molecule has 0 bridgehead atoms. The van der Waals surface area contributed by atoms with E-state index in [1.807, 2.05) is 47.2 Å². The summed E-state index contributed by atoms with van der Waals surface area (Å²) in [5.41, 5.74) is 2.88. The van der Waals surface area contributed by atoms with E-state index in [2.05, 4.69) is 5.10 Å². The third-order valence-corrected chi connectivity index (χ3v) is 4.46. The molecule has 1 amide bonds. The lowest BCUT2D eigenvalue weighted by Gasteiger charge is -2.20. The number of thiophene rings is 1. The van der Waals surface area contributed by atoms with E-state index in [0.29, 0.717) is 6.42 Å². The van der Waals surface area contributed by atoms with Crippen molar-refractivity contribution in [3.63, 3.8) is 0 Å². The normalized spacial score (nSPS) is 17.1. The van der Waals surface area contributed by atoms with Gasteiger partial charge in [0, 0.05) is 12.8 Å². The molecule has 1 aliphatic heterocycles. The molecular formula is C17H16N2O3S. The van der Waals surface area contributed by atoms with E-state index in [1.165, 1.54) is 5.01 Å². The molecule has 0 aliphatic carbocycles. The van der Waals surface area contributed by atoms with Crippen LogP contribution in [0, 0.1) is 0 Å². The van der Waals surface area contributed by atoms with Gasteiger partial charge >= 0.3 is 5.97 Å². The summed E-state index contributed by atoms with van der Waals surface area (Å²) in [7, 11) is 0. The van der Waals surface area contributed by atoms with Crippen LogP contribution in [0.4, 0.5) is 0 Å². The molecule has 118 valence electrons. The number of hydrogen-bond acceptors (Lipinski definition) is 4. The number of benzene rings is 1. The van der Waals surface area contributed by atoms with Gasteiger partial charge in [0.1, 0.15) is 0 Å². The molecule has 1 unspecified atom stereocenters. The Kier molecular flexibility index (Phi) is 4.52. The highest BCUT2D eigenvalue weighted by Gasteiger charge is 2.33. The van der Waals surface area contributed by atoms with Crippen molar-refractivity contribution in [2.24, 2.45) is 5.10 Å². The summed E-state index contributed by atoms with van der Waals surface area (Å²) in [6.45, 7) is 0. The minimum absolute atomic E-state index is 0.0401. The zero-order chi connectivity index (χ0) is 16.2. The first-order valence-electron chi connectivity index (χ1n) is 7.34. The predicted molar refractivity (Wildman–Crippen MR) is 88.4 cm³/mol. The molecule has 5 nitrogen and oxygen atoms in total. The quantitative estimate of drug-likeness (QED) is 0.915. The van der Waals surface area contributed by atoms with Crippen LogP contribution in [0.25, 0.3) is 0 Å². The van der Waals surface area contributed by atoms with E-state index in [4.69, 9.17) is 5.11 Å². The van der Waals surface area contributed by atoms with Gasteiger partial charge in [-0.1, -0.05) is 30.3 Å². The van der Waals surface area contributed by atoms with Gasteiger partial charge in [-0.15, -0.1) is 0 Å². The minimum atomic E-state index is -0.975. The summed E-state index contributed by atoms with van der Waals surface area (Å²) in [6, 6.07) is 11.6. The number of carboxylic acids is 1. The molecule has 23 heavy (non-hydrogen) atoms. The maximum absolute atomic E-state index is 12.4. The van der Waals surface area contributed by atoms with E-state index < -0.39 is 5.97 Å². The molecule has 0 saturated heterocycles. The second-order valence-electron chi connectivity index (χ2n) is 5.32. The first-order chi connectivity index (χ1) is 11.1. The molecule has 0 spiro atoms. The van der Waals surface area contributed by atoms with Crippen LogP contribution in [0.5, 0.6) is 0 Å². The van der Waals surface area contributed by atoms with Gasteiger partial charge in [0.15, 0.2) is 0 Å². The monoisotopic (exact) mass is 328 g/mol. The molecule has 2 heterocycles. The fraction of sp³-hybridized carbons (Fsp3) is 0.235. The highest BCUT2D eigenvalue weighted by molar-refractivity contribution is 7.08. The van der Waals surface area contributed by atoms with Crippen LogP contribution in [0.15, 0.2) is 52.3 Å². The van der Waals surface area contributed by atoms with Crippen LogP contribution in [0.2, 0.25) is 0 Å². The Hall–Kier alpha value is -2.47. The lowest BCUT2D eigenvalue weighted by molar-refractivity contribution is -0.141. The largest absolute Gasteiger partial charge is 0.481 e. The van der Waals surface area contributed by atoms with Crippen LogP contribution in [0.1, 0.15) is 36.4 Å². The molecular weight excluding hydrogens is 312 g/mol. The van der Waals surface area contributed by atoms with Crippen LogP contribution in [-0.4, -0.2) is 27.7 Å². The predicted octanol–water partition coefficient (Wildman–Crippen LogP) is 3.29. The number of hydrazone groups is 1. The fourth-order valence-electron chi connectivity index (χ4n) is 2.60. The summed E-state index contributed by atoms with van der Waals surface area (Å²) in [5, 5.41) is 18.7. The van der Waals surface area contributed by atoms with Gasteiger partial charge in [-0.25, -0.2) is 5.01 Å². The second-order valence-corrected chi connectivity index (χ2v) is 6.10. The highest BCUT2D eigenvalue weighted by atomic mass is 32.1.